The number of carbonyl (C=O) groups is 1. The van der Waals surface area contributed by atoms with Crippen molar-refractivity contribution in [3.05, 3.63) is 51.0 Å². The van der Waals surface area contributed by atoms with Crippen molar-refractivity contribution < 1.29 is 4.79 Å². The van der Waals surface area contributed by atoms with Crippen LogP contribution in [0.2, 0.25) is 5.02 Å². The molecule has 0 unspecified atom stereocenters. The summed E-state index contributed by atoms with van der Waals surface area (Å²) in [6, 6.07) is 6.98. The van der Waals surface area contributed by atoms with Crippen LogP contribution in [0.4, 0.5) is 11.4 Å². The minimum atomic E-state index is -0.247. The Labute approximate surface area is 138 Å². The van der Waals surface area contributed by atoms with Crippen LogP contribution in [0.5, 0.6) is 0 Å². The van der Waals surface area contributed by atoms with Crippen LogP contribution in [0.1, 0.15) is 9.67 Å². The summed E-state index contributed by atoms with van der Waals surface area (Å²) in [5, 5.41) is 4.24. The fourth-order valence-electron chi connectivity index (χ4n) is 1.90. The number of carbonyl (C=O) groups excluding carboxylic acids is 1. The summed E-state index contributed by atoms with van der Waals surface area (Å²) in [5.74, 6) is -0.247. The molecule has 0 aliphatic rings. The number of nitrogens with zero attached hydrogens (tertiary/aromatic N) is 1. The lowest BCUT2D eigenvalue weighted by Crippen LogP contribution is -2.11. The van der Waals surface area contributed by atoms with Crippen molar-refractivity contribution in [1.29, 1.82) is 0 Å². The summed E-state index contributed by atoms with van der Waals surface area (Å²) >= 11 is 10.6. The number of rotatable bonds is 2. The molecule has 0 fully saturated rings. The predicted octanol–water partition coefficient (Wildman–Crippen LogP) is 4.55. The number of aromatic nitrogens is 1. The van der Waals surface area contributed by atoms with E-state index in [2.05, 4.69) is 26.2 Å². The van der Waals surface area contributed by atoms with Gasteiger partial charge in [-0.25, -0.2) is 0 Å². The normalized spacial score (nSPS) is 10.8. The van der Waals surface area contributed by atoms with Crippen molar-refractivity contribution >= 4 is 66.2 Å². The number of halogens is 2. The Kier molecular flexibility index (Phi) is 3.84. The number of benzene rings is 1. The van der Waals surface area contributed by atoms with E-state index in [1.165, 1.54) is 11.3 Å². The maximum absolute atomic E-state index is 12.4. The molecule has 4 nitrogen and oxygen atoms in total. The maximum atomic E-state index is 12.4. The number of nitrogens with two attached hydrogens (primary N) is 1. The Balaban J connectivity index is 1.93. The summed E-state index contributed by atoms with van der Waals surface area (Å²) in [7, 11) is 0. The van der Waals surface area contributed by atoms with Crippen LogP contribution in [-0.2, 0) is 0 Å². The zero-order chi connectivity index (χ0) is 15.0. The molecule has 0 aliphatic carbocycles. The van der Waals surface area contributed by atoms with Gasteiger partial charge in [0.05, 0.1) is 15.4 Å². The fourth-order valence-corrected chi connectivity index (χ4v) is 3.38. The summed E-state index contributed by atoms with van der Waals surface area (Å²) in [6.07, 6.45) is 3.36. The Morgan fingerprint density at radius 3 is 2.90 bits per heavy atom. The average molecular weight is 383 g/mol. The van der Waals surface area contributed by atoms with Gasteiger partial charge < -0.3 is 11.1 Å². The second-order valence-electron chi connectivity index (χ2n) is 4.30. The Hall–Kier alpha value is -1.63. The molecular weight excluding hydrogens is 374 g/mol. The molecule has 0 saturated carbocycles. The van der Waals surface area contributed by atoms with Gasteiger partial charge in [-0.15, -0.1) is 11.3 Å². The number of hydrogen-bond donors (Lipinski definition) is 2. The lowest BCUT2D eigenvalue weighted by Gasteiger charge is -2.05. The quantitative estimate of drug-likeness (QED) is 0.683. The van der Waals surface area contributed by atoms with E-state index in [0.717, 1.165) is 14.6 Å². The van der Waals surface area contributed by atoms with Crippen LogP contribution in [-0.4, -0.2) is 10.9 Å². The second kappa shape index (κ2) is 5.63. The summed E-state index contributed by atoms with van der Waals surface area (Å²) in [4.78, 5) is 16.9. The molecule has 2 aromatic heterocycles. The minimum Gasteiger partial charge on any atom is -0.397 e. The molecule has 0 spiro atoms. The minimum absolute atomic E-state index is 0.247. The molecule has 3 N–H and O–H groups in total. The smallest absolute Gasteiger partial charge is 0.267 e. The molecule has 7 heteroatoms. The van der Waals surface area contributed by atoms with Crippen molar-refractivity contribution in [3.63, 3.8) is 0 Å². The van der Waals surface area contributed by atoms with Gasteiger partial charge in [0, 0.05) is 27.9 Å². The molecule has 0 aliphatic heterocycles. The van der Waals surface area contributed by atoms with Crippen LogP contribution in [0, 0.1) is 0 Å². The van der Waals surface area contributed by atoms with E-state index in [-0.39, 0.29) is 5.91 Å². The lowest BCUT2D eigenvalue weighted by molar-refractivity contribution is 0.103. The molecule has 1 amide bonds. The van der Waals surface area contributed by atoms with E-state index >= 15 is 0 Å². The number of anilines is 2. The van der Waals surface area contributed by atoms with Crippen molar-refractivity contribution in [1.82, 2.24) is 4.98 Å². The Morgan fingerprint density at radius 2 is 2.19 bits per heavy atom. The molecule has 3 rings (SSSR count). The van der Waals surface area contributed by atoms with Gasteiger partial charge in [-0.3, -0.25) is 9.78 Å². The zero-order valence-electron chi connectivity index (χ0n) is 10.6. The van der Waals surface area contributed by atoms with E-state index < -0.39 is 0 Å². The van der Waals surface area contributed by atoms with Gasteiger partial charge in [-0.1, -0.05) is 11.6 Å². The van der Waals surface area contributed by atoms with Gasteiger partial charge in [0.15, 0.2) is 0 Å². The van der Waals surface area contributed by atoms with Gasteiger partial charge in [-0.05, 0) is 40.2 Å². The van der Waals surface area contributed by atoms with Crippen molar-refractivity contribution in [2.45, 2.75) is 0 Å². The number of thiophene rings is 1. The zero-order valence-corrected chi connectivity index (χ0v) is 13.7. The predicted molar refractivity (Wildman–Crippen MR) is 91.1 cm³/mol. The van der Waals surface area contributed by atoms with Crippen molar-refractivity contribution in [2.75, 3.05) is 11.1 Å². The fraction of sp³-hybridized carbons (Fsp3) is 0. The summed E-state index contributed by atoms with van der Waals surface area (Å²) in [5.41, 5.74) is 7.16. The van der Waals surface area contributed by atoms with E-state index in [0.29, 0.717) is 21.3 Å². The van der Waals surface area contributed by atoms with Crippen LogP contribution in [0.15, 0.2) is 41.1 Å². The third kappa shape index (κ3) is 2.74. The number of nitrogens with one attached hydrogen (secondary N) is 1. The number of pyridine rings is 1. The molecule has 21 heavy (non-hydrogen) atoms. The molecule has 0 bridgehead atoms. The highest BCUT2D eigenvalue weighted by Gasteiger charge is 2.16. The van der Waals surface area contributed by atoms with E-state index in [1.54, 1.807) is 36.7 Å². The molecule has 0 atom stereocenters. The topological polar surface area (TPSA) is 68.0 Å². The van der Waals surface area contributed by atoms with Crippen LogP contribution >= 0.6 is 38.9 Å². The highest BCUT2D eigenvalue weighted by Crippen LogP contribution is 2.33. The average Bonchev–Trinajstić information content (AvgIpc) is 2.81. The van der Waals surface area contributed by atoms with Gasteiger partial charge in [0.2, 0.25) is 0 Å². The number of fused-ring (bicyclic) bond motifs is 1. The van der Waals surface area contributed by atoms with Crippen LogP contribution in [0.25, 0.3) is 10.1 Å². The van der Waals surface area contributed by atoms with Gasteiger partial charge >= 0.3 is 0 Å². The maximum Gasteiger partial charge on any atom is 0.267 e. The Morgan fingerprint density at radius 1 is 1.38 bits per heavy atom. The molecule has 2 heterocycles. The van der Waals surface area contributed by atoms with Crippen molar-refractivity contribution in [3.8, 4) is 0 Å². The van der Waals surface area contributed by atoms with Gasteiger partial charge in [-0.2, -0.15) is 0 Å². The number of amides is 1. The highest BCUT2D eigenvalue weighted by atomic mass is 79.9. The summed E-state index contributed by atoms with van der Waals surface area (Å²) in [6.45, 7) is 0. The van der Waals surface area contributed by atoms with Crippen LogP contribution < -0.4 is 11.1 Å². The first kappa shape index (κ1) is 14.3. The number of hydrogen-bond acceptors (Lipinski definition) is 4. The first-order chi connectivity index (χ1) is 10.1. The standard InChI is InChI=1S/C14H9BrClN3OS/c15-9-5-7(1-2-10(9)16)19-14(20)13-12(17)8-3-4-18-6-11(8)21-13/h1-6H,17H2,(H,19,20). The van der Waals surface area contributed by atoms with Crippen molar-refractivity contribution in [2.24, 2.45) is 0 Å². The van der Waals surface area contributed by atoms with E-state index in [1.807, 2.05) is 0 Å². The van der Waals surface area contributed by atoms with Gasteiger partial charge in [0.1, 0.15) is 4.88 Å². The van der Waals surface area contributed by atoms with Crippen LogP contribution in [0.3, 0.4) is 0 Å². The van der Waals surface area contributed by atoms with E-state index in [9.17, 15) is 4.79 Å². The van der Waals surface area contributed by atoms with Gasteiger partial charge in [0.25, 0.3) is 5.91 Å². The third-order valence-corrected chi connectivity index (χ3v) is 5.28. The lowest BCUT2D eigenvalue weighted by atomic mass is 10.2. The molecule has 3 aromatic rings. The van der Waals surface area contributed by atoms with E-state index in [4.69, 9.17) is 17.3 Å². The monoisotopic (exact) mass is 381 g/mol. The largest absolute Gasteiger partial charge is 0.397 e. The third-order valence-electron chi connectivity index (χ3n) is 2.92. The number of nitrogen functional groups attached to an aromatic ring is 1. The molecule has 1 aromatic carbocycles. The summed E-state index contributed by atoms with van der Waals surface area (Å²) < 4.78 is 1.60. The molecule has 106 valence electrons. The first-order valence-electron chi connectivity index (χ1n) is 5.94. The molecule has 0 radical (unpaired) electrons. The molecule has 0 saturated heterocycles. The second-order valence-corrected chi connectivity index (χ2v) is 6.61. The molecular formula is C14H9BrClN3OS. The first-order valence-corrected chi connectivity index (χ1v) is 7.93. The Bertz CT molecular complexity index is 849. The SMILES string of the molecule is Nc1c(C(=O)Nc2ccc(Cl)c(Br)c2)sc2cnccc12. The highest BCUT2D eigenvalue weighted by molar-refractivity contribution is 9.10.